The Kier molecular flexibility index (Phi) is 5.31. The first kappa shape index (κ1) is 16.0. The highest BCUT2D eigenvalue weighted by atomic mass is 79.9. The van der Waals surface area contributed by atoms with Crippen LogP contribution in [0.15, 0.2) is 53.0 Å². The van der Waals surface area contributed by atoms with Crippen molar-refractivity contribution < 1.29 is 14.3 Å². The quantitative estimate of drug-likeness (QED) is 0.822. The molecule has 1 amide bonds. The summed E-state index contributed by atoms with van der Waals surface area (Å²) in [5.41, 5.74) is 2.24. The second-order valence-corrected chi connectivity index (χ2v) is 6.15. The van der Waals surface area contributed by atoms with Gasteiger partial charge in [-0.25, -0.2) is 0 Å². The minimum atomic E-state index is -0.00710. The predicted octanol–water partition coefficient (Wildman–Crippen LogP) is 3.35. The number of rotatable bonds is 4. The molecule has 1 aliphatic rings. The number of carbonyl (C=O) groups excluding carboxylic acids is 1. The fourth-order valence-electron chi connectivity index (χ4n) is 2.47. The van der Waals surface area contributed by atoms with Gasteiger partial charge in [0.15, 0.2) is 6.61 Å². The van der Waals surface area contributed by atoms with Gasteiger partial charge in [0.25, 0.3) is 5.91 Å². The molecular weight excluding hydrogens is 358 g/mol. The first-order chi connectivity index (χ1) is 11.2. The Balaban J connectivity index is 1.63. The standard InChI is InChI=1S/C18H18BrNO3/c19-16-12-15(14-4-2-1-3-5-14)6-7-17(16)23-13-18(21)20-8-10-22-11-9-20/h1-7,12H,8-11,13H2. The van der Waals surface area contributed by atoms with Crippen molar-refractivity contribution in [2.75, 3.05) is 32.9 Å². The molecule has 0 bridgehead atoms. The van der Waals surface area contributed by atoms with Gasteiger partial charge in [-0.3, -0.25) is 4.79 Å². The van der Waals surface area contributed by atoms with Crippen molar-refractivity contribution in [1.82, 2.24) is 4.90 Å². The number of ether oxygens (including phenoxy) is 2. The molecule has 1 heterocycles. The molecule has 4 nitrogen and oxygen atoms in total. The van der Waals surface area contributed by atoms with Crippen molar-refractivity contribution in [3.63, 3.8) is 0 Å². The van der Waals surface area contributed by atoms with Crippen molar-refractivity contribution in [2.45, 2.75) is 0 Å². The summed E-state index contributed by atoms with van der Waals surface area (Å²) in [5.74, 6) is 0.665. The fourth-order valence-corrected chi connectivity index (χ4v) is 2.96. The molecule has 2 aromatic carbocycles. The third-order valence-electron chi connectivity index (χ3n) is 3.75. The van der Waals surface area contributed by atoms with Gasteiger partial charge in [0.1, 0.15) is 5.75 Å². The Bertz CT molecular complexity index is 669. The molecule has 23 heavy (non-hydrogen) atoms. The van der Waals surface area contributed by atoms with Crippen LogP contribution in [-0.2, 0) is 9.53 Å². The lowest BCUT2D eigenvalue weighted by Gasteiger charge is -2.26. The highest BCUT2D eigenvalue weighted by Gasteiger charge is 2.17. The molecule has 2 aromatic rings. The van der Waals surface area contributed by atoms with Gasteiger partial charge < -0.3 is 14.4 Å². The van der Waals surface area contributed by atoms with Crippen LogP contribution in [0.25, 0.3) is 11.1 Å². The highest BCUT2D eigenvalue weighted by Crippen LogP contribution is 2.30. The van der Waals surface area contributed by atoms with Crippen LogP contribution in [0.2, 0.25) is 0 Å². The van der Waals surface area contributed by atoms with E-state index in [1.807, 2.05) is 36.4 Å². The number of nitrogens with zero attached hydrogens (tertiary/aromatic N) is 1. The number of benzene rings is 2. The molecule has 0 atom stereocenters. The van der Waals surface area contributed by atoms with Gasteiger partial charge in [0.05, 0.1) is 17.7 Å². The number of hydrogen-bond donors (Lipinski definition) is 0. The molecule has 0 spiro atoms. The van der Waals surface area contributed by atoms with E-state index in [4.69, 9.17) is 9.47 Å². The third kappa shape index (κ3) is 4.12. The predicted molar refractivity (Wildman–Crippen MR) is 92.5 cm³/mol. The normalized spacial score (nSPS) is 14.6. The maximum absolute atomic E-state index is 12.1. The highest BCUT2D eigenvalue weighted by molar-refractivity contribution is 9.10. The summed E-state index contributed by atoms with van der Waals surface area (Å²) in [6.45, 7) is 2.51. The van der Waals surface area contributed by atoms with Gasteiger partial charge in [-0.1, -0.05) is 36.4 Å². The van der Waals surface area contributed by atoms with Gasteiger partial charge >= 0.3 is 0 Å². The van der Waals surface area contributed by atoms with E-state index in [-0.39, 0.29) is 12.5 Å². The van der Waals surface area contributed by atoms with Gasteiger partial charge in [-0.15, -0.1) is 0 Å². The Morgan fingerprint density at radius 2 is 1.83 bits per heavy atom. The van der Waals surface area contributed by atoms with E-state index in [0.717, 1.165) is 15.6 Å². The van der Waals surface area contributed by atoms with Crippen LogP contribution in [0.4, 0.5) is 0 Å². The van der Waals surface area contributed by atoms with E-state index in [2.05, 4.69) is 28.1 Å². The molecule has 1 fully saturated rings. The largest absolute Gasteiger partial charge is 0.483 e. The molecule has 0 aliphatic carbocycles. The maximum Gasteiger partial charge on any atom is 0.260 e. The summed E-state index contributed by atoms with van der Waals surface area (Å²) in [5, 5.41) is 0. The number of amides is 1. The monoisotopic (exact) mass is 375 g/mol. The lowest BCUT2D eigenvalue weighted by Crippen LogP contribution is -2.43. The van der Waals surface area contributed by atoms with Crippen molar-refractivity contribution in [3.8, 4) is 16.9 Å². The molecule has 0 N–H and O–H groups in total. The first-order valence-electron chi connectivity index (χ1n) is 7.57. The molecule has 0 unspecified atom stereocenters. The maximum atomic E-state index is 12.1. The van der Waals surface area contributed by atoms with E-state index in [0.29, 0.717) is 32.1 Å². The lowest BCUT2D eigenvalue weighted by molar-refractivity contribution is -0.137. The van der Waals surface area contributed by atoms with E-state index in [1.54, 1.807) is 4.90 Å². The van der Waals surface area contributed by atoms with Crippen molar-refractivity contribution in [3.05, 3.63) is 53.0 Å². The Morgan fingerprint density at radius 3 is 2.52 bits per heavy atom. The van der Waals surface area contributed by atoms with Crippen molar-refractivity contribution in [1.29, 1.82) is 0 Å². The number of morpholine rings is 1. The van der Waals surface area contributed by atoms with Crippen LogP contribution in [0.1, 0.15) is 0 Å². The van der Waals surface area contributed by atoms with Gasteiger partial charge in [0, 0.05) is 13.1 Å². The van der Waals surface area contributed by atoms with E-state index in [9.17, 15) is 4.79 Å². The summed E-state index contributed by atoms with van der Waals surface area (Å²) in [6.07, 6.45) is 0. The number of hydrogen-bond acceptors (Lipinski definition) is 3. The zero-order valence-electron chi connectivity index (χ0n) is 12.7. The second-order valence-electron chi connectivity index (χ2n) is 5.29. The molecule has 0 radical (unpaired) electrons. The minimum absolute atomic E-state index is 0.00710. The first-order valence-corrected chi connectivity index (χ1v) is 8.36. The van der Waals surface area contributed by atoms with Gasteiger partial charge in [0.2, 0.25) is 0 Å². The van der Waals surface area contributed by atoms with Crippen LogP contribution < -0.4 is 4.74 Å². The summed E-state index contributed by atoms with van der Waals surface area (Å²) in [4.78, 5) is 13.9. The van der Waals surface area contributed by atoms with Crippen LogP contribution in [0.5, 0.6) is 5.75 Å². The molecule has 1 aliphatic heterocycles. The Morgan fingerprint density at radius 1 is 1.09 bits per heavy atom. The summed E-state index contributed by atoms with van der Waals surface area (Å²) in [6, 6.07) is 16.0. The smallest absolute Gasteiger partial charge is 0.260 e. The van der Waals surface area contributed by atoms with E-state index in [1.165, 1.54) is 0 Å². The van der Waals surface area contributed by atoms with Crippen molar-refractivity contribution in [2.24, 2.45) is 0 Å². The average Bonchev–Trinajstić information content (AvgIpc) is 2.62. The van der Waals surface area contributed by atoms with Gasteiger partial charge in [-0.05, 0) is 39.2 Å². The molecule has 1 saturated heterocycles. The zero-order chi connectivity index (χ0) is 16.1. The van der Waals surface area contributed by atoms with E-state index < -0.39 is 0 Å². The third-order valence-corrected chi connectivity index (χ3v) is 4.37. The zero-order valence-corrected chi connectivity index (χ0v) is 14.3. The van der Waals surface area contributed by atoms with Crippen molar-refractivity contribution >= 4 is 21.8 Å². The molecular formula is C18H18BrNO3. The fraction of sp³-hybridized carbons (Fsp3) is 0.278. The van der Waals surface area contributed by atoms with Gasteiger partial charge in [-0.2, -0.15) is 0 Å². The molecule has 3 rings (SSSR count). The summed E-state index contributed by atoms with van der Waals surface area (Å²) >= 11 is 3.52. The number of halogens is 1. The number of carbonyl (C=O) groups is 1. The lowest BCUT2D eigenvalue weighted by atomic mass is 10.1. The Hall–Kier alpha value is -1.85. The molecule has 5 heteroatoms. The van der Waals surface area contributed by atoms with E-state index >= 15 is 0 Å². The molecule has 0 saturated carbocycles. The molecule has 120 valence electrons. The van der Waals surface area contributed by atoms with Crippen LogP contribution >= 0.6 is 15.9 Å². The van der Waals surface area contributed by atoms with Crippen LogP contribution in [0.3, 0.4) is 0 Å². The summed E-state index contributed by atoms with van der Waals surface area (Å²) < 4.78 is 11.7. The average molecular weight is 376 g/mol. The minimum Gasteiger partial charge on any atom is -0.483 e. The Labute approximate surface area is 144 Å². The van der Waals surface area contributed by atoms with Crippen LogP contribution in [-0.4, -0.2) is 43.7 Å². The molecule has 0 aromatic heterocycles. The second kappa shape index (κ2) is 7.62. The topological polar surface area (TPSA) is 38.8 Å². The summed E-state index contributed by atoms with van der Waals surface area (Å²) in [7, 11) is 0. The SMILES string of the molecule is O=C(COc1ccc(-c2ccccc2)cc1Br)N1CCOCC1. The van der Waals surface area contributed by atoms with Crippen LogP contribution in [0, 0.1) is 0 Å².